The summed E-state index contributed by atoms with van der Waals surface area (Å²) in [6, 6.07) is 13.3. The summed E-state index contributed by atoms with van der Waals surface area (Å²) >= 11 is 1.60. The first kappa shape index (κ1) is 14.5. The van der Waals surface area contributed by atoms with Gasteiger partial charge in [0.25, 0.3) is 5.91 Å². The molecule has 2 aromatic carbocycles. The van der Waals surface area contributed by atoms with Gasteiger partial charge in [-0.1, -0.05) is 24.3 Å². The number of nitrogens with one attached hydrogen (secondary N) is 1. The Morgan fingerprint density at radius 1 is 1.15 bits per heavy atom. The molecule has 0 spiro atoms. The number of para-hydroxylation sites is 2. The van der Waals surface area contributed by atoms with E-state index in [9.17, 15) is 4.79 Å². The molecule has 4 heteroatoms. The van der Waals surface area contributed by atoms with Gasteiger partial charge in [0.15, 0.2) is 0 Å². The third kappa shape index (κ3) is 2.96. The summed E-state index contributed by atoms with van der Waals surface area (Å²) in [5, 5.41) is 2.94. The highest BCUT2D eigenvalue weighted by atomic mass is 32.2. The molecular formula is C16H17NO2S. The van der Waals surface area contributed by atoms with Gasteiger partial charge in [0.05, 0.1) is 18.4 Å². The van der Waals surface area contributed by atoms with Crippen molar-refractivity contribution in [1.29, 1.82) is 0 Å². The van der Waals surface area contributed by atoms with Crippen LogP contribution in [0.2, 0.25) is 0 Å². The van der Waals surface area contributed by atoms with Gasteiger partial charge in [-0.25, -0.2) is 0 Å². The number of rotatable bonds is 4. The van der Waals surface area contributed by atoms with Crippen molar-refractivity contribution in [2.24, 2.45) is 0 Å². The smallest absolute Gasteiger partial charge is 0.259 e. The second-order valence-corrected chi connectivity index (χ2v) is 5.16. The van der Waals surface area contributed by atoms with E-state index < -0.39 is 0 Å². The minimum absolute atomic E-state index is 0.160. The second kappa shape index (κ2) is 6.48. The Morgan fingerprint density at radius 2 is 1.90 bits per heavy atom. The maximum absolute atomic E-state index is 12.4. The fraction of sp³-hybridized carbons (Fsp3) is 0.188. The lowest BCUT2D eigenvalue weighted by Crippen LogP contribution is -2.14. The fourth-order valence-corrected chi connectivity index (χ4v) is 2.59. The number of hydrogen-bond donors (Lipinski definition) is 1. The molecule has 0 heterocycles. The average Bonchev–Trinajstić information content (AvgIpc) is 2.47. The molecule has 20 heavy (non-hydrogen) atoms. The largest absolute Gasteiger partial charge is 0.496 e. The molecular weight excluding hydrogens is 270 g/mol. The summed E-state index contributed by atoms with van der Waals surface area (Å²) in [7, 11) is 1.58. The number of aryl methyl sites for hydroxylation is 1. The van der Waals surface area contributed by atoms with Crippen LogP contribution in [0.1, 0.15) is 15.9 Å². The van der Waals surface area contributed by atoms with E-state index in [0.717, 1.165) is 16.1 Å². The van der Waals surface area contributed by atoms with E-state index in [-0.39, 0.29) is 5.91 Å². The van der Waals surface area contributed by atoms with Gasteiger partial charge in [-0.15, -0.1) is 11.8 Å². The summed E-state index contributed by atoms with van der Waals surface area (Å²) in [6.07, 6.45) is 1.98. The molecule has 2 aromatic rings. The SMILES string of the molecule is COc1c(C)cccc1C(=O)Nc1ccccc1SC. The number of thioether (sulfide) groups is 1. The molecule has 0 aliphatic heterocycles. The molecule has 0 saturated carbocycles. The minimum atomic E-state index is -0.160. The Morgan fingerprint density at radius 3 is 2.60 bits per heavy atom. The molecule has 0 aromatic heterocycles. The molecule has 104 valence electrons. The van der Waals surface area contributed by atoms with E-state index in [1.165, 1.54) is 0 Å². The molecule has 1 amide bonds. The molecule has 0 atom stereocenters. The Hall–Kier alpha value is -1.94. The zero-order chi connectivity index (χ0) is 14.5. The topological polar surface area (TPSA) is 38.3 Å². The van der Waals surface area contributed by atoms with Crippen LogP contribution in [0.5, 0.6) is 5.75 Å². The van der Waals surface area contributed by atoms with Crippen molar-refractivity contribution in [2.45, 2.75) is 11.8 Å². The quantitative estimate of drug-likeness (QED) is 0.864. The van der Waals surface area contributed by atoms with Gasteiger partial charge in [-0.2, -0.15) is 0 Å². The van der Waals surface area contributed by atoms with Gasteiger partial charge in [0, 0.05) is 4.90 Å². The van der Waals surface area contributed by atoms with Crippen molar-refractivity contribution in [3.8, 4) is 5.75 Å². The molecule has 0 saturated heterocycles. The summed E-state index contributed by atoms with van der Waals surface area (Å²) in [6.45, 7) is 1.92. The number of ether oxygens (including phenoxy) is 1. The van der Waals surface area contributed by atoms with Crippen molar-refractivity contribution in [1.82, 2.24) is 0 Å². The number of benzene rings is 2. The predicted molar refractivity (Wildman–Crippen MR) is 83.9 cm³/mol. The van der Waals surface area contributed by atoms with Gasteiger partial charge in [-0.3, -0.25) is 4.79 Å². The van der Waals surface area contributed by atoms with E-state index in [4.69, 9.17) is 4.74 Å². The fourth-order valence-electron chi connectivity index (χ4n) is 2.04. The monoisotopic (exact) mass is 287 g/mol. The number of anilines is 1. The van der Waals surface area contributed by atoms with Crippen LogP contribution in [0.15, 0.2) is 47.4 Å². The number of hydrogen-bond acceptors (Lipinski definition) is 3. The third-order valence-electron chi connectivity index (χ3n) is 3.02. The number of amides is 1. The lowest BCUT2D eigenvalue weighted by Gasteiger charge is -2.13. The molecule has 0 aliphatic carbocycles. The van der Waals surface area contributed by atoms with E-state index in [2.05, 4.69) is 5.32 Å². The molecule has 1 N–H and O–H groups in total. The van der Waals surface area contributed by atoms with E-state index in [1.54, 1.807) is 24.9 Å². The number of methoxy groups -OCH3 is 1. The molecule has 3 nitrogen and oxygen atoms in total. The zero-order valence-corrected chi connectivity index (χ0v) is 12.6. The minimum Gasteiger partial charge on any atom is -0.496 e. The van der Waals surface area contributed by atoms with Crippen LogP contribution in [0.4, 0.5) is 5.69 Å². The van der Waals surface area contributed by atoms with Crippen molar-refractivity contribution in [3.63, 3.8) is 0 Å². The van der Waals surface area contributed by atoms with E-state index >= 15 is 0 Å². The van der Waals surface area contributed by atoms with Crippen molar-refractivity contribution in [3.05, 3.63) is 53.6 Å². The predicted octanol–water partition coefficient (Wildman–Crippen LogP) is 3.98. The first-order valence-corrected chi connectivity index (χ1v) is 7.47. The Kier molecular flexibility index (Phi) is 4.69. The van der Waals surface area contributed by atoms with E-state index in [1.807, 2.05) is 49.6 Å². The lowest BCUT2D eigenvalue weighted by molar-refractivity contribution is 0.102. The molecule has 0 bridgehead atoms. The van der Waals surface area contributed by atoms with Crippen LogP contribution in [0.3, 0.4) is 0 Å². The maximum atomic E-state index is 12.4. The summed E-state index contributed by atoms with van der Waals surface area (Å²) in [5.41, 5.74) is 2.30. The first-order chi connectivity index (χ1) is 9.67. The van der Waals surface area contributed by atoms with Gasteiger partial charge in [-0.05, 0) is 36.9 Å². The zero-order valence-electron chi connectivity index (χ0n) is 11.8. The molecule has 0 fully saturated rings. The van der Waals surface area contributed by atoms with Crippen LogP contribution in [0, 0.1) is 6.92 Å². The Balaban J connectivity index is 2.31. The van der Waals surface area contributed by atoms with Gasteiger partial charge in [0.1, 0.15) is 5.75 Å². The van der Waals surface area contributed by atoms with Gasteiger partial charge in [0.2, 0.25) is 0 Å². The molecule has 2 rings (SSSR count). The van der Waals surface area contributed by atoms with Crippen molar-refractivity contribution < 1.29 is 9.53 Å². The van der Waals surface area contributed by atoms with Crippen LogP contribution in [-0.4, -0.2) is 19.3 Å². The summed E-state index contributed by atoms with van der Waals surface area (Å²) in [5.74, 6) is 0.457. The first-order valence-electron chi connectivity index (χ1n) is 6.25. The Labute approximate surface area is 123 Å². The van der Waals surface area contributed by atoms with Crippen LogP contribution in [-0.2, 0) is 0 Å². The summed E-state index contributed by atoms with van der Waals surface area (Å²) in [4.78, 5) is 13.4. The molecule has 0 radical (unpaired) electrons. The van der Waals surface area contributed by atoms with Crippen LogP contribution >= 0.6 is 11.8 Å². The van der Waals surface area contributed by atoms with Crippen LogP contribution < -0.4 is 10.1 Å². The van der Waals surface area contributed by atoms with Crippen LogP contribution in [0.25, 0.3) is 0 Å². The number of carbonyl (C=O) groups excluding carboxylic acids is 1. The van der Waals surface area contributed by atoms with Gasteiger partial charge < -0.3 is 10.1 Å². The Bertz CT molecular complexity index is 626. The standard InChI is InChI=1S/C16H17NO2S/c1-11-7-6-8-12(15(11)19-2)16(18)17-13-9-4-5-10-14(13)20-3/h4-10H,1-3H3,(H,17,18). The number of carbonyl (C=O) groups is 1. The molecule has 0 unspecified atom stereocenters. The van der Waals surface area contributed by atoms with Crippen molar-refractivity contribution in [2.75, 3.05) is 18.7 Å². The summed E-state index contributed by atoms with van der Waals surface area (Å²) < 4.78 is 5.33. The highest BCUT2D eigenvalue weighted by Gasteiger charge is 2.15. The van der Waals surface area contributed by atoms with Crippen molar-refractivity contribution >= 4 is 23.4 Å². The normalized spacial score (nSPS) is 10.2. The third-order valence-corrected chi connectivity index (χ3v) is 3.81. The highest BCUT2D eigenvalue weighted by Crippen LogP contribution is 2.27. The highest BCUT2D eigenvalue weighted by molar-refractivity contribution is 7.98. The second-order valence-electron chi connectivity index (χ2n) is 4.31. The molecule has 0 aliphatic rings. The lowest BCUT2D eigenvalue weighted by atomic mass is 10.1. The average molecular weight is 287 g/mol. The van der Waals surface area contributed by atoms with E-state index in [0.29, 0.717) is 11.3 Å². The maximum Gasteiger partial charge on any atom is 0.259 e. The van der Waals surface area contributed by atoms with Gasteiger partial charge >= 0.3 is 0 Å².